The Kier molecular flexibility index (Phi) is 8.37. The van der Waals surface area contributed by atoms with Gasteiger partial charge < -0.3 is 15.2 Å². The standard InChI is InChI=1S/C16H21Cl2NO4/c1-10(2)23-5-3-4-15(20)19-14(16(21)22)8-11-6-12(17)9-13(18)7-11/h6-7,9-10,14H,3-5,8H2,1-2H3,(H,19,20)(H,21,22). The molecule has 0 saturated carbocycles. The van der Waals surface area contributed by atoms with Crippen molar-refractivity contribution < 1.29 is 19.4 Å². The lowest BCUT2D eigenvalue weighted by molar-refractivity contribution is -0.141. The molecule has 2 N–H and O–H groups in total. The largest absolute Gasteiger partial charge is 0.480 e. The quantitative estimate of drug-likeness (QED) is 0.661. The van der Waals surface area contributed by atoms with Crippen LogP contribution in [0, 0.1) is 0 Å². The summed E-state index contributed by atoms with van der Waals surface area (Å²) in [5.74, 6) is -1.43. The molecule has 0 aromatic heterocycles. The van der Waals surface area contributed by atoms with E-state index in [9.17, 15) is 14.7 Å². The van der Waals surface area contributed by atoms with Gasteiger partial charge in [0.05, 0.1) is 6.10 Å². The molecule has 1 aromatic rings. The molecule has 23 heavy (non-hydrogen) atoms. The van der Waals surface area contributed by atoms with Crippen molar-refractivity contribution >= 4 is 35.1 Å². The highest BCUT2D eigenvalue weighted by Crippen LogP contribution is 2.20. The topological polar surface area (TPSA) is 75.6 Å². The van der Waals surface area contributed by atoms with E-state index < -0.39 is 12.0 Å². The predicted molar refractivity (Wildman–Crippen MR) is 90.1 cm³/mol. The number of carbonyl (C=O) groups excluding carboxylic acids is 1. The number of carbonyl (C=O) groups is 2. The number of carboxylic acids is 1. The van der Waals surface area contributed by atoms with Gasteiger partial charge in [0.1, 0.15) is 6.04 Å². The minimum absolute atomic E-state index is 0.109. The average Bonchev–Trinajstić information content (AvgIpc) is 2.41. The van der Waals surface area contributed by atoms with E-state index in [1.54, 1.807) is 18.2 Å². The molecule has 1 unspecified atom stereocenters. The number of rotatable bonds is 9. The van der Waals surface area contributed by atoms with Crippen molar-refractivity contribution in [3.05, 3.63) is 33.8 Å². The zero-order chi connectivity index (χ0) is 17.4. The summed E-state index contributed by atoms with van der Waals surface area (Å²) in [5, 5.41) is 12.6. The zero-order valence-corrected chi connectivity index (χ0v) is 14.7. The predicted octanol–water partition coefficient (Wildman–Crippen LogP) is 3.31. The fraction of sp³-hybridized carbons (Fsp3) is 0.500. The Morgan fingerprint density at radius 2 is 1.83 bits per heavy atom. The Morgan fingerprint density at radius 1 is 1.22 bits per heavy atom. The van der Waals surface area contributed by atoms with Gasteiger partial charge in [0, 0.05) is 29.5 Å². The zero-order valence-electron chi connectivity index (χ0n) is 13.1. The van der Waals surface area contributed by atoms with Gasteiger partial charge in [-0.1, -0.05) is 23.2 Å². The van der Waals surface area contributed by atoms with Crippen LogP contribution >= 0.6 is 23.2 Å². The van der Waals surface area contributed by atoms with Crippen LogP contribution in [0.5, 0.6) is 0 Å². The van der Waals surface area contributed by atoms with Crippen molar-refractivity contribution in [1.82, 2.24) is 5.32 Å². The number of ether oxygens (including phenoxy) is 1. The number of benzene rings is 1. The Morgan fingerprint density at radius 3 is 2.35 bits per heavy atom. The molecular formula is C16H21Cl2NO4. The Labute approximate surface area is 145 Å². The van der Waals surface area contributed by atoms with E-state index in [-0.39, 0.29) is 24.9 Å². The number of nitrogens with one attached hydrogen (secondary N) is 1. The average molecular weight is 362 g/mol. The van der Waals surface area contributed by atoms with E-state index in [1.807, 2.05) is 13.8 Å². The van der Waals surface area contributed by atoms with Crippen molar-refractivity contribution in [3.8, 4) is 0 Å². The first-order valence-corrected chi connectivity index (χ1v) is 8.12. The van der Waals surface area contributed by atoms with E-state index in [1.165, 1.54) is 0 Å². The maximum Gasteiger partial charge on any atom is 0.326 e. The van der Waals surface area contributed by atoms with Gasteiger partial charge in [0.15, 0.2) is 0 Å². The van der Waals surface area contributed by atoms with Crippen molar-refractivity contribution in [1.29, 1.82) is 0 Å². The molecule has 1 aromatic carbocycles. The summed E-state index contributed by atoms with van der Waals surface area (Å²) in [7, 11) is 0. The van der Waals surface area contributed by atoms with Gasteiger partial charge in [-0.2, -0.15) is 0 Å². The molecule has 1 rings (SSSR count). The molecule has 7 heteroatoms. The maximum absolute atomic E-state index is 11.8. The molecule has 0 spiro atoms. The third kappa shape index (κ3) is 8.21. The van der Waals surface area contributed by atoms with Crippen LogP contribution in [0.1, 0.15) is 32.3 Å². The number of amides is 1. The fourth-order valence-corrected chi connectivity index (χ4v) is 2.55. The van der Waals surface area contributed by atoms with E-state index in [2.05, 4.69) is 5.32 Å². The molecule has 0 bridgehead atoms. The van der Waals surface area contributed by atoms with Crippen molar-refractivity contribution in [2.45, 2.75) is 45.3 Å². The van der Waals surface area contributed by atoms with Crippen LogP contribution in [-0.2, 0) is 20.7 Å². The van der Waals surface area contributed by atoms with Crippen LogP contribution in [0.4, 0.5) is 0 Å². The molecule has 5 nitrogen and oxygen atoms in total. The molecule has 0 aliphatic rings. The first-order chi connectivity index (χ1) is 10.8. The molecule has 0 aliphatic heterocycles. The van der Waals surface area contributed by atoms with Gasteiger partial charge in [-0.15, -0.1) is 0 Å². The van der Waals surface area contributed by atoms with Crippen molar-refractivity contribution in [2.24, 2.45) is 0 Å². The summed E-state index contributed by atoms with van der Waals surface area (Å²) in [6, 6.07) is 3.80. The molecular weight excluding hydrogens is 341 g/mol. The summed E-state index contributed by atoms with van der Waals surface area (Å²) in [6.07, 6.45) is 0.980. The minimum Gasteiger partial charge on any atom is -0.480 e. The monoisotopic (exact) mass is 361 g/mol. The number of halogens is 2. The molecule has 1 amide bonds. The van der Waals surface area contributed by atoms with E-state index in [4.69, 9.17) is 27.9 Å². The molecule has 0 saturated heterocycles. The van der Waals surface area contributed by atoms with Crippen LogP contribution < -0.4 is 5.32 Å². The Balaban J connectivity index is 2.54. The van der Waals surface area contributed by atoms with E-state index in [0.717, 1.165) is 0 Å². The summed E-state index contributed by atoms with van der Waals surface area (Å²) >= 11 is 11.8. The highest BCUT2D eigenvalue weighted by atomic mass is 35.5. The molecule has 0 fully saturated rings. The molecule has 128 valence electrons. The van der Waals surface area contributed by atoms with Gasteiger partial charge >= 0.3 is 5.97 Å². The first-order valence-electron chi connectivity index (χ1n) is 7.36. The Hall–Kier alpha value is -1.30. The number of hydrogen-bond donors (Lipinski definition) is 2. The minimum atomic E-state index is -1.10. The van der Waals surface area contributed by atoms with Crippen LogP contribution in [0.3, 0.4) is 0 Å². The SMILES string of the molecule is CC(C)OCCCC(=O)NC(Cc1cc(Cl)cc(Cl)c1)C(=O)O. The van der Waals surface area contributed by atoms with Gasteiger partial charge in [-0.25, -0.2) is 4.79 Å². The van der Waals surface area contributed by atoms with Crippen molar-refractivity contribution in [3.63, 3.8) is 0 Å². The third-order valence-electron chi connectivity index (χ3n) is 2.99. The summed E-state index contributed by atoms with van der Waals surface area (Å²) < 4.78 is 5.34. The molecule has 0 aliphatic carbocycles. The van der Waals surface area contributed by atoms with E-state index >= 15 is 0 Å². The third-order valence-corrected chi connectivity index (χ3v) is 3.43. The second-order valence-electron chi connectivity index (χ2n) is 5.46. The van der Waals surface area contributed by atoms with Gasteiger partial charge in [-0.05, 0) is 44.0 Å². The molecule has 0 heterocycles. The summed E-state index contributed by atoms with van der Waals surface area (Å²) in [4.78, 5) is 23.2. The lowest BCUT2D eigenvalue weighted by Gasteiger charge is -2.15. The highest BCUT2D eigenvalue weighted by Gasteiger charge is 2.20. The van der Waals surface area contributed by atoms with Crippen LogP contribution in [0.2, 0.25) is 10.0 Å². The van der Waals surface area contributed by atoms with E-state index in [0.29, 0.717) is 28.6 Å². The fourth-order valence-electron chi connectivity index (χ4n) is 1.98. The lowest BCUT2D eigenvalue weighted by Crippen LogP contribution is -2.42. The lowest BCUT2D eigenvalue weighted by atomic mass is 10.1. The van der Waals surface area contributed by atoms with Crippen molar-refractivity contribution in [2.75, 3.05) is 6.61 Å². The van der Waals surface area contributed by atoms with Crippen LogP contribution in [0.15, 0.2) is 18.2 Å². The van der Waals surface area contributed by atoms with Gasteiger partial charge in [0.2, 0.25) is 5.91 Å². The number of carboxylic acid groups (broad SMARTS) is 1. The maximum atomic E-state index is 11.8. The number of hydrogen-bond acceptors (Lipinski definition) is 3. The van der Waals surface area contributed by atoms with Crippen LogP contribution in [-0.4, -0.2) is 35.7 Å². The van der Waals surface area contributed by atoms with Crippen LogP contribution in [0.25, 0.3) is 0 Å². The first kappa shape index (κ1) is 19.7. The Bertz CT molecular complexity index is 529. The summed E-state index contributed by atoms with van der Waals surface area (Å²) in [6.45, 7) is 4.29. The second kappa shape index (κ2) is 9.75. The van der Waals surface area contributed by atoms with Gasteiger partial charge in [-0.3, -0.25) is 4.79 Å². The normalized spacial score (nSPS) is 12.2. The second-order valence-corrected chi connectivity index (χ2v) is 6.34. The smallest absolute Gasteiger partial charge is 0.326 e. The highest BCUT2D eigenvalue weighted by molar-refractivity contribution is 6.34. The summed E-state index contributed by atoms with van der Waals surface area (Å²) in [5.41, 5.74) is 0.651. The molecule has 0 radical (unpaired) electrons. The van der Waals surface area contributed by atoms with Gasteiger partial charge in [0.25, 0.3) is 0 Å². The number of aliphatic carboxylic acids is 1. The molecule has 1 atom stereocenters.